The van der Waals surface area contributed by atoms with Crippen molar-refractivity contribution in [3.63, 3.8) is 0 Å². The van der Waals surface area contributed by atoms with Crippen LogP contribution in [0.2, 0.25) is 0 Å². The van der Waals surface area contributed by atoms with Crippen LogP contribution in [0.15, 0.2) is 14.6 Å². The smallest absolute Gasteiger partial charge is 0.245 e. The number of sulfonamides is 1. The third kappa shape index (κ3) is 3.17. The average molecular weight is 262 g/mol. The molecule has 0 aromatic carbocycles. The lowest BCUT2D eigenvalue weighted by atomic mass is 10.4. The van der Waals surface area contributed by atoms with Crippen LogP contribution in [0.5, 0.6) is 0 Å². The molecular formula is C8H14N4O4S. The zero-order valence-electron chi connectivity index (χ0n) is 9.47. The summed E-state index contributed by atoms with van der Waals surface area (Å²) in [4.78, 5) is 0.0250. The van der Waals surface area contributed by atoms with Gasteiger partial charge in [0.05, 0.1) is 0 Å². The number of rotatable bonds is 5. The van der Waals surface area contributed by atoms with E-state index in [1.807, 2.05) is 0 Å². The Labute approximate surface area is 98.5 Å². The van der Waals surface area contributed by atoms with Crippen molar-refractivity contribution < 1.29 is 18.1 Å². The van der Waals surface area contributed by atoms with Crippen molar-refractivity contribution in [2.75, 3.05) is 6.54 Å². The van der Waals surface area contributed by atoms with Gasteiger partial charge in [-0.25, -0.2) is 13.1 Å². The van der Waals surface area contributed by atoms with Gasteiger partial charge in [0.25, 0.3) is 0 Å². The van der Waals surface area contributed by atoms with E-state index in [0.717, 1.165) is 0 Å². The third-order valence-corrected chi connectivity index (χ3v) is 3.74. The lowest BCUT2D eigenvalue weighted by molar-refractivity contribution is 0.317. The molecule has 1 aromatic rings. The molecule has 0 radical (unpaired) electrons. The molecule has 1 rings (SSSR count). The van der Waals surface area contributed by atoms with Crippen LogP contribution in [0.25, 0.3) is 0 Å². The minimum atomic E-state index is -3.68. The summed E-state index contributed by atoms with van der Waals surface area (Å²) in [5, 5.41) is 14.6. The zero-order chi connectivity index (χ0) is 13.1. The van der Waals surface area contributed by atoms with Crippen LogP contribution in [-0.2, 0) is 10.0 Å². The monoisotopic (exact) mass is 262 g/mol. The molecule has 17 heavy (non-hydrogen) atoms. The molecule has 96 valence electrons. The number of aryl methyl sites for hydroxylation is 2. The summed E-state index contributed by atoms with van der Waals surface area (Å²) in [6.07, 6.45) is 0.110. The molecule has 0 aliphatic heterocycles. The fourth-order valence-electron chi connectivity index (χ4n) is 1.29. The van der Waals surface area contributed by atoms with E-state index in [0.29, 0.717) is 5.69 Å². The van der Waals surface area contributed by atoms with Gasteiger partial charge < -0.3 is 15.5 Å². The number of hydrogen-bond acceptors (Lipinski definition) is 6. The Morgan fingerprint density at radius 2 is 2.24 bits per heavy atom. The maximum Gasteiger partial charge on any atom is 0.245 e. The van der Waals surface area contributed by atoms with Crippen molar-refractivity contribution in [2.45, 2.75) is 25.2 Å². The predicted molar refractivity (Wildman–Crippen MR) is 59.2 cm³/mol. The average Bonchev–Trinajstić information content (AvgIpc) is 2.58. The quantitative estimate of drug-likeness (QED) is 0.289. The molecule has 9 heteroatoms. The standard InChI is InChI=1S/C8H14N4O4S/c1-5-8(6(2)16-12-5)17(14,15)10-4-3-7(9)11-13/h10,13H,3-4H2,1-2H3,(H2,9,11). The van der Waals surface area contributed by atoms with Crippen LogP contribution in [0.1, 0.15) is 17.9 Å². The molecule has 4 N–H and O–H groups in total. The third-order valence-electron chi connectivity index (χ3n) is 2.04. The van der Waals surface area contributed by atoms with Crippen molar-refractivity contribution in [1.82, 2.24) is 9.88 Å². The highest BCUT2D eigenvalue weighted by atomic mass is 32.2. The Morgan fingerprint density at radius 1 is 1.59 bits per heavy atom. The second-order valence-electron chi connectivity index (χ2n) is 3.39. The van der Waals surface area contributed by atoms with Crippen molar-refractivity contribution >= 4 is 15.9 Å². The Bertz CT molecular complexity index is 500. The first-order valence-electron chi connectivity index (χ1n) is 4.77. The van der Waals surface area contributed by atoms with E-state index in [2.05, 4.69) is 15.0 Å². The molecule has 0 unspecified atom stereocenters. The molecule has 0 saturated heterocycles. The van der Waals surface area contributed by atoms with E-state index in [-0.39, 0.29) is 29.5 Å². The molecule has 0 spiro atoms. The summed E-state index contributed by atoms with van der Waals surface area (Å²) in [5.74, 6) is 0.172. The lowest BCUT2D eigenvalue weighted by Crippen LogP contribution is -2.28. The van der Waals surface area contributed by atoms with Gasteiger partial charge in [0.1, 0.15) is 16.4 Å². The number of aromatic nitrogens is 1. The van der Waals surface area contributed by atoms with Crippen molar-refractivity contribution in [3.05, 3.63) is 11.5 Å². The van der Waals surface area contributed by atoms with Gasteiger partial charge in [-0.15, -0.1) is 0 Å². The summed E-state index contributed by atoms with van der Waals surface area (Å²) in [6, 6.07) is 0. The Kier molecular flexibility index (Phi) is 4.07. The molecule has 1 aromatic heterocycles. The number of amidine groups is 1. The van der Waals surface area contributed by atoms with Gasteiger partial charge in [0, 0.05) is 13.0 Å². The number of nitrogens with two attached hydrogens (primary N) is 1. The van der Waals surface area contributed by atoms with E-state index in [4.69, 9.17) is 15.5 Å². The highest BCUT2D eigenvalue weighted by Crippen LogP contribution is 2.18. The normalized spacial score (nSPS) is 12.9. The van der Waals surface area contributed by atoms with Crippen LogP contribution >= 0.6 is 0 Å². The highest BCUT2D eigenvalue weighted by Gasteiger charge is 2.23. The van der Waals surface area contributed by atoms with Crippen molar-refractivity contribution in [1.29, 1.82) is 0 Å². The summed E-state index contributed by atoms with van der Waals surface area (Å²) < 4.78 is 30.8. The zero-order valence-corrected chi connectivity index (χ0v) is 10.3. The van der Waals surface area contributed by atoms with Gasteiger partial charge in [0.15, 0.2) is 5.76 Å². The summed E-state index contributed by atoms with van der Waals surface area (Å²) in [6.45, 7) is 3.08. The summed E-state index contributed by atoms with van der Waals surface area (Å²) in [5.41, 5.74) is 5.51. The number of hydrogen-bond donors (Lipinski definition) is 3. The Hall–Kier alpha value is -1.61. The van der Waals surface area contributed by atoms with Crippen LogP contribution < -0.4 is 10.5 Å². The van der Waals surface area contributed by atoms with E-state index in [9.17, 15) is 8.42 Å². The number of nitrogens with zero attached hydrogens (tertiary/aromatic N) is 2. The topological polar surface area (TPSA) is 131 Å². The molecule has 8 nitrogen and oxygen atoms in total. The van der Waals surface area contributed by atoms with Crippen LogP contribution in [0.3, 0.4) is 0 Å². The van der Waals surface area contributed by atoms with Crippen LogP contribution in [-0.4, -0.2) is 31.2 Å². The molecule has 0 fully saturated rings. The first kappa shape index (κ1) is 13.5. The minimum absolute atomic E-state index is 0.0250. The van der Waals surface area contributed by atoms with Gasteiger partial charge in [0.2, 0.25) is 10.0 Å². The molecule has 0 amide bonds. The fraction of sp³-hybridized carbons (Fsp3) is 0.500. The van der Waals surface area contributed by atoms with Crippen molar-refractivity contribution in [2.24, 2.45) is 10.9 Å². The number of nitrogens with one attached hydrogen (secondary N) is 1. The molecule has 0 bridgehead atoms. The first-order chi connectivity index (χ1) is 7.88. The molecular weight excluding hydrogens is 248 g/mol. The molecule has 0 aliphatic rings. The van der Waals surface area contributed by atoms with Gasteiger partial charge in [-0.05, 0) is 13.8 Å². The lowest BCUT2D eigenvalue weighted by Gasteiger charge is -2.05. The van der Waals surface area contributed by atoms with E-state index < -0.39 is 10.0 Å². The minimum Gasteiger partial charge on any atom is -0.409 e. The molecule has 1 heterocycles. The van der Waals surface area contributed by atoms with Gasteiger partial charge in [-0.1, -0.05) is 10.3 Å². The van der Waals surface area contributed by atoms with Crippen LogP contribution in [0, 0.1) is 13.8 Å². The van der Waals surface area contributed by atoms with Gasteiger partial charge in [-0.3, -0.25) is 0 Å². The Morgan fingerprint density at radius 3 is 2.71 bits per heavy atom. The second kappa shape index (κ2) is 5.15. The maximum absolute atomic E-state index is 11.9. The SMILES string of the molecule is Cc1noc(C)c1S(=O)(=O)NCCC(N)=NO. The van der Waals surface area contributed by atoms with E-state index in [1.54, 1.807) is 0 Å². The summed E-state index contributed by atoms with van der Waals surface area (Å²) in [7, 11) is -3.68. The van der Waals surface area contributed by atoms with Crippen molar-refractivity contribution in [3.8, 4) is 0 Å². The summed E-state index contributed by atoms with van der Waals surface area (Å²) >= 11 is 0. The van der Waals surface area contributed by atoms with E-state index in [1.165, 1.54) is 13.8 Å². The molecule has 0 saturated carbocycles. The predicted octanol–water partition coefficient (Wildman–Crippen LogP) is -0.294. The van der Waals surface area contributed by atoms with Gasteiger partial charge >= 0.3 is 0 Å². The molecule has 0 aliphatic carbocycles. The first-order valence-corrected chi connectivity index (χ1v) is 6.25. The van der Waals surface area contributed by atoms with Gasteiger partial charge in [-0.2, -0.15) is 0 Å². The fourth-order valence-corrected chi connectivity index (χ4v) is 2.65. The Balaban J connectivity index is 2.77. The van der Waals surface area contributed by atoms with Crippen LogP contribution in [0.4, 0.5) is 0 Å². The largest absolute Gasteiger partial charge is 0.409 e. The number of oxime groups is 1. The second-order valence-corrected chi connectivity index (χ2v) is 5.10. The highest BCUT2D eigenvalue weighted by molar-refractivity contribution is 7.89. The maximum atomic E-state index is 11.9. The van der Waals surface area contributed by atoms with E-state index >= 15 is 0 Å². The molecule has 0 atom stereocenters.